The molecule has 5 rings (SSSR count). The minimum atomic E-state index is -0.709. The minimum Gasteiger partial charge on any atom is -0.369 e. The first-order chi connectivity index (χ1) is 15.9. The van der Waals surface area contributed by atoms with Crippen LogP contribution in [0.2, 0.25) is 0 Å². The first kappa shape index (κ1) is 21.5. The Hall–Kier alpha value is -3.33. The number of carbonyl (C=O) groups excluding carboxylic acids is 3. The van der Waals surface area contributed by atoms with Gasteiger partial charge in [-0.2, -0.15) is 0 Å². The van der Waals surface area contributed by atoms with E-state index in [2.05, 4.69) is 26.2 Å². The highest BCUT2D eigenvalue weighted by Crippen LogP contribution is 2.35. The van der Waals surface area contributed by atoms with E-state index in [0.717, 1.165) is 30.9 Å². The molecule has 3 amide bonds. The molecule has 172 valence electrons. The van der Waals surface area contributed by atoms with Crippen molar-refractivity contribution < 1.29 is 18.8 Å². The Balaban J connectivity index is 1.31. The van der Waals surface area contributed by atoms with E-state index in [4.69, 9.17) is 0 Å². The molecule has 1 unspecified atom stereocenters. The Morgan fingerprint density at radius 1 is 1.12 bits per heavy atom. The summed E-state index contributed by atoms with van der Waals surface area (Å²) in [6, 6.07) is 6.14. The smallest absolute Gasteiger partial charge is 0.255 e. The van der Waals surface area contributed by atoms with Crippen molar-refractivity contribution in [3.8, 4) is 0 Å². The summed E-state index contributed by atoms with van der Waals surface area (Å²) in [5.41, 5.74) is 3.99. The standard InChI is InChI=1S/C24H26FN5O3/c1-15-10-16(4-5-26-15)13-28-6-8-29(9-7-28)21-12-17(25)11-18-19(21)14-30(24(18)33)20-2-3-22(31)27-23(20)32/h4-5,10-12,20H,2-3,6-9,13-14H2,1H3,(H,27,31,32). The summed E-state index contributed by atoms with van der Waals surface area (Å²) < 4.78 is 14.5. The van der Waals surface area contributed by atoms with Gasteiger partial charge in [0, 0.05) is 74.4 Å². The molecule has 1 N–H and O–H groups in total. The van der Waals surface area contributed by atoms with Crippen molar-refractivity contribution in [2.45, 2.75) is 38.9 Å². The molecular formula is C24H26FN5O3. The van der Waals surface area contributed by atoms with Gasteiger partial charge in [-0.05, 0) is 43.2 Å². The molecule has 0 spiro atoms. The van der Waals surface area contributed by atoms with Gasteiger partial charge in [0.05, 0.1) is 0 Å². The third-order valence-corrected chi connectivity index (χ3v) is 6.68. The molecule has 2 aromatic rings. The zero-order valence-electron chi connectivity index (χ0n) is 18.5. The van der Waals surface area contributed by atoms with E-state index in [1.165, 1.54) is 22.6 Å². The molecule has 0 saturated carbocycles. The van der Waals surface area contributed by atoms with Gasteiger partial charge in [0.15, 0.2) is 0 Å². The van der Waals surface area contributed by atoms with E-state index < -0.39 is 17.8 Å². The Morgan fingerprint density at radius 2 is 1.91 bits per heavy atom. The second-order valence-corrected chi connectivity index (χ2v) is 8.92. The molecule has 2 saturated heterocycles. The number of amides is 3. The van der Waals surface area contributed by atoms with E-state index in [1.807, 2.05) is 19.2 Å². The number of aromatic nitrogens is 1. The summed E-state index contributed by atoms with van der Waals surface area (Å²) in [5, 5.41) is 2.31. The van der Waals surface area contributed by atoms with Gasteiger partial charge in [-0.1, -0.05) is 0 Å². The Bertz CT molecular complexity index is 1130. The maximum Gasteiger partial charge on any atom is 0.255 e. The summed E-state index contributed by atoms with van der Waals surface area (Å²) in [5.74, 6) is -1.61. The number of rotatable bonds is 4. The van der Waals surface area contributed by atoms with Crippen LogP contribution in [0, 0.1) is 12.7 Å². The molecule has 9 heteroatoms. The van der Waals surface area contributed by atoms with Crippen molar-refractivity contribution in [2.75, 3.05) is 31.1 Å². The van der Waals surface area contributed by atoms with E-state index in [9.17, 15) is 18.8 Å². The number of hydrogen-bond donors (Lipinski definition) is 1. The number of nitrogens with zero attached hydrogens (tertiary/aromatic N) is 4. The normalized spacial score (nSPS) is 21.4. The molecule has 1 aromatic carbocycles. The molecule has 3 aliphatic rings. The van der Waals surface area contributed by atoms with Gasteiger partial charge in [0.25, 0.3) is 5.91 Å². The van der Waals surface area contributed by atoms with Crippen molar-refractivity contribution in [3.63, 3.8) is 0 Å². The maximum atomic E-state index is 14.5. The van der Waals surface area contributed by atoms with Crippen molar-refractivity contribution in [1.82, 2.24) is 20.1 Å². The van der Waals surface area contributed by atoms with Gasteiger partial charge < -0.3 is 9.80 Å². The fourth-order valence-electron chi connectivity index (χ4n) is 5.00. The fourth-order valence-corrected chi connectivity index (χ4v) is 5.00. The van der Waals surface area contributed by atoms with Crippen molar-refractivity contribution in [1.29, 1.82) is 0 Å². The number of anilines is 1. The number of pyridine rings is 1. The van der Waals surface area contributed by atoms with Crippen LogP contribution in [0.3, 0.4) is 0 Å². The minimum absolute atomic E-state index is 0.191. The molecule has 8 nitrogen and oxygen atoms in total. The number of imide groups is 1. The Kier molecular flexibility index (Phi) is 5.57. The topological polar surface area (TPSA) is 85.9 Å². The van der Waals surface area contributed by atoms with Gasteiger partial charge in [-0.3, -0.25) is 29.6 Å². The lowest BCUT2D eigenvalue weighted by molar-refractivity contribution is -0.136. The van der Waals surface area contributed by atoms with Crippen LogP contribution in [0.1, 0.15) is 40.0 Å². The number of hydrogen-bond acceptors (Lipinski definition) is 6. The van der Waals surface area contributed by atoms with Crippen LogP contribution < -0.4 is 10.2 Å². The highest BCUT2D eigenvalue weighted by molar-refractivity contribution is 6.06. The summed E-state index contributed by atoms with van der Waals surface area (Å²) in [4.78, 5) is 47.1. The summed E-state index contributed by atoms with van der Waals surface area (Å²) in [7, 11) is 0. The van der Waals surface area contributed by atoms with Crippen LogP contribution in [-0.2, 0) is 22.7 Å². The van der Waals surface area contributed by atoms with E-state index >= 15 is 0 Å². The van der Waals surface area contributed by atoms with E-state index in [0.29, 0.717) is 24.3 Å². The summed E-state index contributed by atoms with van der Waals surface area (Å²) >= 11 is 0. The molecule has 1 atom stereocenters. The third kappa shape index (κ3) is 4.20. The lowest BCUT2D eigenvalue weighted by Gasteiger charge is -2.37. The van der Waals surface area contributed by atoms with Gasteiger partial charge >= 0.3 is 0 Å². The number of aryl methyl sites for hydroxylation is 1. The van der Waals surface area contributed by atoms with Gasteiger partial charge in [0.2, 0.25) is 11.8 Å². The molecule has 1 aromatic heterocycles. The maximum absolute atomic E-state index is 14.5. The van der Waals surface area contributed by atoms with Crippen molar-refractivity contribution >= 4 is 23.4 Å². The summed E-state index contributed by atoms with van der Waals surface area (Å²) in [6.45, 7) is 6.12. The molecular weight excluding hydrogens is 425 g/mol. The van der Waals surface area contributed by atoms with Crippen LogP contribution in [-0.4, -0.2) is 64.7 Å². The number of benzene rings is 1. The first-order valence-electron chi connectivity index (χ1n) is 11.2. The lowest BCUT2D eigenvalue weighted by Crippen LogP contribution is -2.52. The zero-order valence-corrected chi connectivity index (χ0v) is 18.5. The van der Waals surface area contributed by atoms with Crippen LogP contribution in [0.4, 0.5) is 10.1 Å². The average molecular weight is 452 g/mol. The van der Waals surface area contributed by atoms with E-state index in [-0.39, 0.29) is 31.2 Å². The van der Waals surface area contributed by atoms with Crippen LogP contribution in [0.15, 0.2) is 30.5 Å². The van der Waals surface area contributed by atoms with Crippen LogP contribution in [0.5, 0.6) is 0 Å². The number of carbonyl (C=O) groups is 3. The van der Waals surface area contributed by atoms with Crippen molar-refractivity contribution in [3.05, 3.63) is 58.7 Å². The highest BCUT2D eigenvalue weighted by Gasteiger charge is 2.41. The second-order valence-electron chi connectivity index (χ2n) is 8.92. The van der Waals surface area contributed by atoms with E-state index in [1.54, 1.807) is 0 Å². The highest BCUT2D eigenvalue weighted by atomic mass is 19.1. The first-order valence-corrected chi connectivity index (χ1v) is 11.2. The second kappa shape index (κ2) is 8.55. The number of halogens is 1. The number of fused-ring (bicyclic) bond motifs is 1. The fraction of sp³-hybridized carbons (Fsp3) is 0.417. The quantitative estimate of drug-likeness (QED) is 0.711. The van der Waals surface area contributed by atoms with Gasteiger partial charge in [0.1, 0.15) is 11.9 Å². The number of piperidine rings is 1. The molecule has 2 fully saturated rings. The zero-order chi connectivity index (χ0) is 23.1. The third-order valence-electron chi connectivity index (χ3n) is 6.68. The van der Waals surface area contributed by atoms with Gasteiger partial charge in [-0.15, -0.1) is 0 Å². The molecule has 33 heavy (non-hydrogen) atoms. The predicted octanol–water partition coefficient (Wildman–Crippen LogP) is 1.61. The Morgan fingerprint density at radius 3 is 2.64 bits per heavy atom. The lowest BCUT2D eigenvalue weighted by atomic mass is 10.0. The van der Waals surface area contributed by atoms with Crippen LogP contribution >= 0.6 is 0 Å². The average Bonchev–Trinajstić information content (AvgIpc) is 3.10. The molecule has 0 bridgehead atoms. The van der Waals surface area contributed by atoms with Crippen LogP contribution in [0.25, 0.3) is 0 Å². The molecule has 0 radical (unpaired) electrons. The predicted molar refractivity (Wildman–Crippen MR) is 119 cm³/mol. The van der Waals surface area contributed by atoms with Crippen molar-refractivity contribution in [2.24, 2.45) is 0 Å². The SMILES string of the molecule is Cc1cc(CN2CCN(c3cc(F)cc4c3CN(C3CCC(=O)NC3=O)C4=O)CC2)ccn1. The molecule has 0 aliphatic carbocycles. The monoisotopic (exact) mass is 451 g/mol. The number of nitrogens with one attached hydrogen (secondary N) is 1. The largest absolute Gasteiger partial charge is 0.369 e. The number of piperazine rings is 1. The molecule has 3 aliphatic heterocycles. The Labute approximate surface area is 191 Å². The van der Waals surface area contributed by atoms with Gasteiger partial charge in [-0.25, -0.2) is 4.39 Å². The summed E-state index contributed by atoms with van der Waals surface area (Å²) in [6.07, 6.45) is 2.30. The molecule has 4 heterocycles.